The first-order valence-corrected chi connectivity index (χ1v) is 12.9. The van der Waals surface area contributed by atoms with E-state index in [-0.39, 0.29) is 0 Å². The van der Waals surface area contributed by atoms with Crippen LogP contribution >= 0.6 is 0 Å². The molecule has 6 aromatic rings. The van der Waals surface area contributed by atoms with Gasteiger partial charge >= 0.3 is 0 Å². The first-order valence-electron chi connectivity index (χ1n) is 12.9. The Bertz CT molecular complexity index is 1710. The second-order valence-corrected chi connectivity index (χ2v) is 9.79. The molecule has 0 aliphatic carbocycles. The van der Waals surface area contributed by atoms with Crippen LogP contribution in [0.2, 0.25) is 0 Å². The molecule has 2 aromatic carbocycles. The minimum atomic E-state index is 0.320. The van der Waals surface area contributed by atoms with Crippen molar-refractivity contribution in [3.63, 3.8) is 0 Å². The summed E-state index contributed by atoms with van der Waals surface area (Å²) in [6.45, 7) is 2.93. The number of imidazole rings is 1. The van der Waals surface area contributed by atoms with E-state index in [9.17, 15) is 0 Å². The molecule has 1 aliphatic heterocycles. The van der Waals surface area contributed by atoms with E-state index >= 15 is 0 Å². The van der Waals surface area contributed by atoms with Crippen LogP contribution in [0.15, 0.2) is 85.7 Å². The van der Waals surface area contributed by atoms with Crippen molar-refractivity contribution >= 4 is 22.6 Å². The van der Waals surface area contributed by atoms with Crippen molar-refractivity contribution in [1.82, 2.24) is 39.0 Å². The van der Waals surface area contributed by atoms with Crippen molar-refractivity contribution in [1.29, 1.82) is 0 Å². The van der Waals surface area contributed by atoms with E-state index < -0.39 is 0 Å². The lowest BCUT2D eigenvalue weighted by molar-refractivity contribution is 0.175. The van der Waals surface area contributed by atoms with Gasteiger partial charge < -0.3 is 5.73 Å². The van der Waals surface area contributed by atoms with Crippen LogP contribution < -0.4 is 5.73 Å². The van der Waals surface area contributed by atoms with Crippen LogP contribution in [-0.4, -0.2) is 52.1 Å². The molecule has 0 spiro atoms. The number of anilines is 1. The summed E-state index contributed by atoms with van der Waals surface area (Å²) in [6.07, 6.45) is 11.2. The van der Waals surface area contributed by atoms with Crippen LogP contribution in [0.3, 0.4) is 0 Å². The third-order valence-corrected chi connectivity index (χ3v) is 7.43. The zero-order chi connectivity index (χ0) is 25.5. The molecular weight excluding hydrogens is 474 g/mol. The van der Waals surface area contributed by atoms with Gasteiger partial charge in [-0.2, -0.15) is 5.10 Å². The lowest BCUT2D eigenvalue weighted by Crippen LogP contribution is -2.34. The maximum absolute atomic E-state index is 5.99. The Hall–Kier alpha value is -4.63. The van der Waals surface area contributed by atoms with Crippen LogP contribution in [0.5, 0.6) is 0 Å². The Morgan fingerprint density at radius 1 is 0.895 bits per heavy atom. The molecule has 0 unspecified atom stereocenters. The van der Waals surface area contributed by atoms with Gasteiger partial charge in [-0.05, 0) is 24.0 Å². The summed E-state index contributed by atoms with van der Waals surface area (Å²) < 4.78 is 3.99. The van der Waals surface area contributed by atoms with Gasteiger partial charge in [-0.1, -0.05) is 54.6 Å². The zero-order valence-corrected chi connectivity index (χ0v) is 20.9. The van der Waals surface area contributed by atoms with Gasteiger partial charge in [0.05, 0.1) is 23.3 Å². The van der Waals surface area contributed by atoms with E-state index in [1.54, 1.807) is 12.4 Å². The van der Waals surface area contributed by atoms with Gasteiger partial charge in [0.25, 0.3) is 0 Å². The number of aromatic nitrogens is 7. The van der Waals surface area contributed by atoms with Gasteiger partial charge in [-0.3, -0.25) is 9.30 Å². The third-order valence-electron chi connectivity index (χ3n) is 7.43. The molecule has 9 nitrogen and oxygen atoms in total. The number of fused-ring (bicyclic) bond motifs is 2. The number of nitrogens with zero attached hydrogens (tertiary/aromatic N) is 8. The number of piperidine rings is 1. The number of hydrogen-bond donors (Lipinski definition) is 1. The van der Waals surface area contributed by atoms with E-state index in [0.29, 0.717) is 17.6 Å². The fraction of sp³-hybridized carbons (Fsp3) is 0.207. The molecule has 188 valence electrons. The molecule has 2 N–H and O–H groups in total. The minimum absolute atomic E-state index is 0.320. The highest BCUT2D eigenvalue weighted by Gasteiger charge is 2.23. The van der Waals surface area contributed by atoms with E-state index in [0.717, 1.165) is 65.9 Å². The fourth-order valence-electron chi connectivity index (χ4n) is 5.40. The van der Waals surface area contributed by atoms with Crippen molar-refractivity contribution < 1.29 is 0 Å². The van der Waals surface area contributed by atoms with Gasteiger partial charge in [-0.25, -0.2) is 24.6 Å². The summed E-state index contributed by atoms with van der Waals surface area (Å²) in [5, 5.41) is 5.40. The molecule has 5 heterocycles. The normalized spacial score (nSPS) is 14.9. The second-order valence-electron chi connectivity index (χ2n) is 9.79. The summed E-state index contributed by atoms with van der Waals surface area (Å²) in [7, 11) is 0. The Morgan fingerprint density at radius 3 is 2.53 bits per heavy atom. The predicted octanol–water partition coefficient (Wildman–Crippen LogP) is 4.62. The molecule has 38 heavy (non-hydrogen) atoms. The highest BCUT2D eigenvalue weighted by molar-refractivity contribution is 5.84. The average molecular weight is 502 g/mol. The molecular formula is C29H27N9. The van der Waals surface area contributed by atoms with E-state index in [1.165, 1.54) is 11.9 Å². The van der Waals surface area contributed by atoms with Gasteiger partial charge in [0.1, 0.15) is 12.1 Å². The number of nitrogen functional groups attached to an aromatic ring is 1. The molecule has 7 rings (SSSR count). The third kappa shape index (κ3) is 4.06. The maximum Gasteiger partial charge on any atom is 0.234 e. The number of benzene rings is 2. The van der Waals surface area contributed by atoms with Gasteiger partial charge in [0.2, 0.25) is 5.78 Å². The van der Waals surface area contributed by atoms with Crippen LogP contribution in [0.4, 0.5) is 5.82 Å². The molecule has 0 saturated carbocycles. The first kappa shape index (κ1) is 22.6. The quantitative estimate of drug-likeness (QED) is 0.368. The summed E-state index contributed by atoms with van der Waals surface area (Å²) in [4.78, 5) is 20.3. The Labute approximate surface area is 219 Å². The second kappa shape index (κ2) is 9.35. The number of likely N-dealkylation sites (tertiary alicyclic amines) is 1. The highest BCUT2D eigenvalue weighted by atomic mass is 15.3. The highest BCUT2D eigenvalue weighted by Crippen LogP contribution is 2.32. The summed E-state index contributed by atoms with van der Waals surface area (Å²) >= 11 is 0. The summed E-state index contributed by atoms with van der Waals surface area (Å²) in [6, 6.07) is 19.5. The topological polar surface area (TPSA) is 103 Å². The largest absolute Gasteiger partial charge is 0.383 e. The molecule has 1 aliphatic rings. The molecule has 0 amide bonds. The molecule has 1 saturated heterocycles. The number of rotatable bonds is 5. The minimum Gasteiger partial charge on any atom is -0.383 e. The molecule has 0 radical (unpaired) electrons. The van der Waals surface area contributed by atoms with Crippen LogP contribution in [0, 0.1) is 0 Å². The van der Waals surface area contributed by atoms with Crippen molar-refractivity contribution in [3.05, 3.63) is 91.3 Å². The molecule has 9 heteroatoms. The van der Waals surface area contributed by atoms with Crippen LogP contribution in [0.25, 0.3) is 39.2 Å². The van der Waals surface area contributed by atoms with Gasteiger partial charge in [0, 0.05) is 49.4 Å². The van der Waals surface area contributed by atoms with Crippen molar-refractivity contribution in [2.75, 3.05) is 18.8 Å². The molecule has 4 aromatic heterocycles. The molecule has 1 fully saturated rings. The van der Waals surface area contributed by atoms with Gasteiger partial charge in [0.15, 0.2) is 5.65 Å². The molecule has 0 atom stereocenters. The maximum atomic E-state index is 5.99. The SMILES string of the molecule is Nc1ncnc2c1cnn2C1CCN(Cc2ccc(-c3nc4nccn4cc3-c3ccccc3)cc2)CC1. The van der Waals surface area contributed by atoms with Crippen molar-refractivity contribution in [3.8, 4) is 22.4 Å². The molecule has 0 bridgehead atoms. The smallest absolute Gasteiger partial charge is 0.234 e. The van der Waals surface area contributed by atoms with E-state index in [2.05, 4.69) is 79.7 Å². The first-order chi connectivity index (χ1) is 18.7. The summed E-state index contributed by atoms with van der Waals surface area (Å²) in [5.74, 6) is 1.18. The zero-order valence-electron chi connectivity index (χ0n) is 20.9. The fourth-order valence-corrected chi connectivity index (χ4v) is 5.40. The standard InChI is InChI=1S/C29H27N9/c30-27-24-16-34-38(28(24)33-19-32-27)23-10-13-36(14-11-23)17-20-6-8-22(9-7-20)26-25(21-4-2-1-3-5-21)18-37-15-12-31-29(37)35-26/h1-9,12,15-16,18-19,23H,10-11,13-14,17H2,(H2,30,32,33). The Kier molecular flexibility index (Phi) is 5.55. The van der Waals surface area contributed by atoms with E-state index in [4.69, 9.17) is 10.7 Å². The van der Waals surface area contributed by atoms with Crippen LogP contribution in [-0.2, 0) is 6.54 Å². The van der Waals surface area contributed by atoms with Crippen LogP contribution in [0.1, 0.15) is 24.4 Å². The number of nitrogens with two attached hydrogens (primary N) is 1. The lowest BCUT2D eigenvalue weighted by Gasteiger charge is -2.32. The Balaban J connectivity index is 1.08. The number of hydrogen-bond acceptors (Lipinski definition) is 7. The van der Waals surface area contributed by atoms with Gasteiger partial charge in [-0.15, -0.1) is 0 Å². The van der Waals surface area contributed by atoms with Crippen molar-refractivity contribution in [2.45, 2.75) is 25.4 Å². The Morgan fingerprint density at radius 2 is 1.71 bits per heavy atom. The summed E-state index contributed by atoms with van der Waals surface area (Å²) in [5.41, 5.74) is 12.4. The average Bonchev–Trinajstić information content (AvgIpc) is 3.61. The predicted molar refractivity (Wildman–Crippen MR) is 147 cm³/mol. The van der Waals surface area contributed by atoms with E-state index in [1.807, 2.05) is 21.3 Å². The lowest BCUT2D eigenvalue weighted by atomic mass is 9.99. The monoisotopic (exact) mass is 501 g/mol. The van der Waals surface area contributed by atoms with Crippen molar-refractivity contribution in [2.24, 2.45) is 0 Å².